The van der Waals surface area contributed by atoms with Gasteiger partial charge in [-0.15, -0.1) is 0 Å². The molecule has 7 heteroatoms. The number of likely N-dealkylation sites (N-methyl/N-ethyl adjacent to an activating group) is 1. The average Bonchev–Trinajstić information content (AvgIpc) is 2.75. The molecular weight excluding hydrogens is 410 g/mol. The second kappa shape index (κ2) is 9.76. The molecule has 3 aromatic rings. The fraction of sp³-hybridized carbons (Fsp3) is 0.208. The number of carbonyl (C=O) groups excluding carboxylic acids is 1. The van der Waals surface area contributed by atoms with Crippen molar-refractivity contribution < 1.29 is 13.2 Å². The Balaban J connectivity index is 1.63. The molecule has 3 rings (SSSR count). The van der Waals surface area contributed by atoms with Gasteiger partial charge in [-0.2, -0.15) is 0 Å². The SMILES string of the molecule is Cc1ccc(NS(=O)(=O)c2ccc(C(=O)Nc3ccc(CCN(C)C)cc3)cc2)cc1. The van der Waals surface area contributed by atoms with Crippen LogP contribution in [-0.4, -0.2) is 39.9 Å². The zero-order valence-corrected chi connectivity index (χ0v) is 18.7. The molecule has 0 aliphatic carbocycles. The Morgan fingerprint density at radius 2 is 1.42 bits per heavy atom. The van der Waals surface area contributed by atoms with E-state index in [9.17, 15) is 13.2 Å². The highest BCUT2D eigenvalue weighted by Crippen LogP contribution is 2.18. The van der Waals surface area contributed by atoms with Gasteiger partial charge in [0.25, 0.3) is 15.9 Å². The standard InChI is InChI=1S/C24H27N3O3S/c1-18-4-10-22(11-5-18)26-31(29,30)23-14-8-20(9-15-23)24(28)25-21-12-6-19(7-13-21)16-17-27(2)3/h4-15,26H,16-17H2,1-3H3,(H,25,28). The Labute approximate surface area is 184 Å². The predicted octanol–water partition coefficient (Wildman–Crippen LogP) is 4.15. The number of hydrogen-bond acceptors (Lipinski definition) is 4. The Morgan fingerprint density at radius 1 is 0.839 bits per heavy atom. The van der Waals surface area contributed by atoms with Gasteiger partial charge in [0.15, 0.2) is 0 Å². The van der Waals surface area contributed by atoms with E-state index >= 15 is 0 Å². The van der Waals surface area contributed by atoms with Crippen molar-refractivity contribution in [1.29, 1.82) is 0 Å². The Hall–Kier alpha value is -3.16. The first-order chi connectivity index (χ1) is 14.7. The molecule has 0 atom stereocenters. The minimum absolute atomic E-state index is 0.0925. The van der Waals surface area contributed by atoms with E-state index in [1.807, 2.05) is 57.4 Å². The summed E-state index contributed by atoms with van der Waals surface area (Å²) in [6, 6.07) is 20.7. The number of aryl methyl sites for hydroxylation is 1. The summed E-state index contributed by atoms with van der Waals surface area (Å²) in [4.78, 5) is 14.7. The van der Waals surface area contributed by atoms with E-state index in [0.29, 0.717) is 16.9 Å². The highest BCUT2D eigenvalue weighted by atomic mass is 32.2. The minimum Gasteiger partial charge on any atom is -0.322 e. The molecule has 0 bridgehead atoms. The fourth-order valence-corrected chi connectivity index (χ4v) is 3.99. The lowest BCUT2D eigenvalue weighted by atomic mass is 10.1. The third-order valence-electron chi connectivity index (χ3n) is 4.79. The maximum atomic E-state index is 12.6. The van der Waals surface area contributed by atoms with Crippen molar-refractivity contribution in [1.82, 2.24) is 4.90 Å². The number of nitrogens with one attached hydrogen (secondary N) is 2. The first-order valence-electron chi connectivity index (χ1n) is 9.97. The summed E-state index contributed by atoms with van der Waals surface area (Å²) in [5.41, 5.74) is 3.80. The molecule has 0 spiro atoms. The molecule has 0 radical (unpaired) electrons. The molecule has 0 saturated heterocycles. The van der Waals surface area contributed by atoms with Crippen molar-refractivity contribution in [3.63, 3.8) is 0 Å². The number of amides is 1. The topological polar surface area (TPSA) is 78.5 Å². The van der Waals surface area contributed by atoms with Crippen LogP contribution in [0.15, 0.2) is 77.7 Å². The number of nitrogens with zero attached hydrogens (tertiary/aromatic N) is 1. The summed E-state index contributed by atoms with van der Waals surface area (Å²) in [7, 11) is 0.334. The molecule has 2 N–H and O–H groups in total. The van der Waals surface area contributed by atoms with Crippen molar-refractivity contribution in [3.05, 3.63) is 89.5 Å². The zero-order valence-electron chi connectivity index (χ0n) is 17.9. The number of rotatable bonds is 8. The van der Waals surface area contributed by atoms with Crippen LogP contribution < -0.4 is 10.0 Å². The van der Waals surface area contributed by atoms with Gasteiger partial charge < -0.3 is 10.2 Å². The molecular formula is C24H27N3O3S. The third kappa shape index (κ3) is 6.41. The van der Waals surface area contributed by atoms with Crippen LogP contribution in [0, 0.1) is 6.92 Å². The lowest BCUT2D eigenvalue weighted by Gasteiger charge is -2.11. The Morgan fingerprint density at radius 3 is 2.00 bits per heavy atom. The monoisotopic (exact) mass is 437 g/mol. The third-order valence-corrected chi connectivity index (χ3v) is 6.19. The Kier molecular flexibility index (Phi) is 7.09. The van der Waals surface area contributed by atoms with E-state index in [1.165, 1.54) is 29.8 Å². The van der Waals surface area contributed by atoms with E-state index in [2.05, 4.69) is 14.9 Å². The van der Waals surface area contributed by atoms with E-state index in [-0.39, 0.29) is 10.8 Å². The van der Waals surface area contributed by atoms with Gasteiger partial charge in [-0.05, 0) is 81.5 Å². The molecule has 0 heterocycles. The minimum atomic E-state index is -3.73. The van der Waals surface area contributed by atoms with E-state index in [4.69, 9.17) is 0 Å². The number of hydrogen-bond donors (Lipinski definition) is 2. The zero-order chi connectivity index (χ0) is 22.4. The molecule has 3 aromatic carbocycles. The van der Waals surface area contributed by atoms with Crippen LogP contribution in [0.4, 0.5) is 11.4 Å². The lowest BCUT2D eigenvalue weighted by molar-refractivity contribution is 0.102. The first kappa shape index (κ1) is 22.5. The molecule has 162 valence electrons. The van der Waals surface area contributed by atoms with Crippen molar-refractivity contribution in [2.24, 2.45) is 0 Å². The number of carbonyl (C=O) groups is 1. The first-order valence-corrected chi connectivity index (χ1v) is 11.5. The summed E-state index contributed by atoms with van der Waals surface area (Å²) < 4.78 is 27.7. The van der Waals surface area contributed by atoms with Crippen LogP contribution in [0.3, 0.4) is 0 Å². The van der Waals surface area contributed by atoms with Gasteiger partial charge in [0.1, 0.15) is 0 Å². The molecule has 0 saturated carbocycles. The van der Waals surface area contributed by atoms with E-state index < -0.39 is 10.0 Å². The summed E-state index contributed by atoms with van der Waals surface area (Å²) in [6.45, 7) is 2.89. The quantitative estimate of drug-likeness (QED) is 0.555. The normalized spacial score (nSPS) is 11.4. The molecule has 0 aliphatic heterocycles. The van der Waals surface area contributed by atoms with E-state index in [0.717, 1.165) is 18.5 Å². The second-order valence-electron chi connectivity index (χ2n) is 7.70. The lowest BCUT2D eigenvalue weighted by Crippen LogP contribution is -2.15. The average molecular weight is 438 g/mol. The highest BCUT2D eigenvalue weighted by Gasteiger charge is 2.15. The van der Waals surface area contributed by atoms with Gasteiger partial charge in [0.05, 0.1) is 4.90 Å². The van der Waals surface area contributed by atoms with Crippen LogP contribution in [-0.2, 0) is 16.4 Å². The number of anilines is 2. The molecule has 31 heavy (non-hydrogen) atoms. The largest absolute Gasteiger partial charge is 0.322 e. The van der Waals surface area contributed by atoms with Crippen LogP contribution in [0.25, 0.3) is 0 Å². The van der Waals surface area contributed by atoms with Gasteiger partial charge in [0, 0.05) is 23.5 Å². The molecule has 0 aliphatic rings. The fourth-order valence-electron chi connectivity index (χ4n) is 2.93. The summed E-state index contributed by atoms with van der Waals surface area (Å²) in [6.07, 6.45) is 0.938. The summed E-state index contributed by atoms with van der Waals surface area (Å²) in [5, 5.41) is 2.84. The summed E-state index contributed by atoms with van der Waals surface area (Å²) >= 11 is 0. The van der Waals surface area contributed by atoms with Gasteiger partial charge in [0.2, 0.25) is 0 Å². The molecule has 1 amide bonds. The smallest absolute Gasteiger partial charge is 0.261 e. The van der Waals surface area contributed by atoms with Gasteiger partial charge in [-0.3, -0.25) is 9.52 Å². The second-order valence-corrected chi connectivity index (χ2v) is 9.38. The predicted molar refractivity (Wildman–Crippen MR) is 125 cm³/mol. The number of benzene rings is 3. The molecule has 0 unspecified atom stereocenters. The summed E-state index contributed by atoms with van der Waals surface area (Å²) in [5.74, 6) is -0.295. The molecule has 0 aromatic heterocycles. The van der Waals surface area contributed by atoms with Gasteiger partial charge >= 0.3 is 0 Å². The van der Waals surface area contributed by atoms with Crippen molar-refractivity contribution in [2.45, 2.75) is 18.2 Å². The van der Waals surface area contributed by atoms with Gasteiger partial charge in [-0.1, -0.05) is 29.8 Å². The Bertz CT molecular complexity index is 1120. The van der Waals surface area contributed by atoms with E-state index in [1.54, 1.807) is 12.1 Å². The van der Waals surface area contributed by atoms with Crippen molar-refractivity contribution in [3.8, 4) is 0 Å². The number of sulfonamides is 1. The van der Waals surface area contributed by atoms with Crippen LogP contribution in [0.2, 0.25) is 0 Å². The highest BCUT2D eigenvalue weighted by molar-refractivity contribution is 7.92. The van der Waals surface area contributed by atoms with Crippen molar-refractivity contribution >= 4 is 27.3 Å². The molecule has 0 fully saturated rings. The maximum Gasteiger partial charge on any atom is 0.261 e. The van der Waals surface area contributed by atoms with Crippen LogP contribution >= 0.6 is 0 Å². The van der Waals surface area contributed by atoms with Crippen molar-refractivity contribution in [2.75, 3.05) is 30.7 Å². The maximum absolute atomic E-state index is 12.6. The van der Waals surface area contributed by atoms with Crippen LogP contribution in [0.5, 0.6) is 0 Å². The van der Waals surface area contributed by atoms with Crippen LogP contribution in [0.1, 0.15) is 21.5 Å². The van der Waals surface area contributed by atoms with Gasteiger partial charge in [-0.25, -0.2) is 8.42 Å². The molecule has 6 nitrogen and oxygen atoms in total.